The number of pyridine rings is 5. The maximum absolute atomic E-state index is 12.4. The third-order valence-electron chi connectivity index (χ3n) is 19.8. The van der Waals surface area contributed by atoms with Crippen LogP contribution in [0.3, 0.4) is 0 Å². The molecule has 640 valence electrons. The molecule has 23 rings (SSSR count). The predicted molar refractivity (Wildman–Crippen MR) is 531 cm³/mol. The van der Waals surface area contributed by atoms with Crippen LogP contribution in [0.4, 0.5) is 0 Å². The molecule has 131 heavy (non-hydrogen) atoms. The van der Waals surface area contributed by atoms with Crippen LogP contribution >= 0.6 is 95.6 Å². The maximum atomic E-state index is 12.4. The maximum Gasteiger partial charge on any atom is 0.269 e. The number of hydrogen-bond donors (Lipinski definition) is 6. The van der Waals surface area contributed by atoms with Crippen molar-refractivity contribution in [2.45, 2.75) is 6.92 Å². The van der Waals surface area contributed by atoms with Crippen molar-refractivity contribution in [1.29, 1.82) is 0 Å². The van der Waals surface area contributed by atoms with Gasteiger partial charge < -0.3 is 39.2 Å². The molecule has 0 aliphatic rings. The van der Waals surface area contributed by atoms with Gasteiger partial charge in [-0.25, -0.2) is 34.9 Å². The number of halogens is 2. The molecule has 0 spiro atoms. The number of methoxy groups -OCH3 is 1. The highest BCUT2D eigenvalue weighted by molar-refractivity contribution is 9.10. The van der Waals surface area contributed by atoms with E-state index in [9.17, 15) is 28.8 Å². The molecule has 0 radical (unpaired) electrons. The van der Waals surface area contributed by atoms with Gasteiger partial charge in [-0.3, -0.25) is 53.7 Å². The number of imidazole rings is 1. The first-order chi connectivity index (χ1) is 63.9. The van der Waals surface area contributed by atoms with E-state index in [2.05, 4.69) is 137 Å². The number of nitrogens with zero attached hydrogens (tertiary/aromatic N) is 13. The molecule has 0 fully saturated rings. The van der Waals surface area contributed by atoms with Gasteiger partial charge in [-0.1, -0.05) is 148 Å². The van der Waals surface area contributed by atoms with Gasteiger partial charge in [-0.15, -0.1) is 68.0 Å². The van der Waals surface area contributed by atoms with Crippen LogP contribution in [0.1, 0.15) is 5.56 Å². The van der Waals surface area contributed by atoms with Gasteiger partial charge in [0.05, 0.1) is 40.2 Å². The molecule has 26 nitrogen and oxygen atoms in total. The van der Waals surface area contributed by atoms with E-state index in [0.717, 1.165) is 62.4 Å². The lowest BCUT2D eigenvalue weighted by Gasteiger charge is -2.00. The van der Waals surface area contributed by atoms with Crippen LogP contribution < -0.4 is 38.1 Å². The lowest BCUT2D eigenvalue weighted by atomic mass is 10.1. The van der Waals surface area contributed by atoms with Crippen LogP contribution in [-0.2, 0) is 7.05 Å². The number of aromatic nitrogens is 19. The molecule has 0 unspecified atom stereocenters. The first kappa shape index (κ1) is 86.4. The van der Waals surface area contributed by atoms with Crippen LogP contribution in [-0.4, -0.2) is 101 Å². The normalized spacial score (nSPS) is 11.0. The first-order valence-corrected chi connectivity index (χ1v) is 46.1. The Morgan fingerprint density at radius 1 is 0.328 bits per heavy atom. The van der Waals surface area contributed by atoms with Gasteiger partial charge >= 0.3 is 0 Å². The Labute approximate surface area is 778 Å². The average molecular weight is 1920 g/mol. The van der Waals surface area contributed by atoms with Crippen LogP contribution in [0.15, 0.2) is 337 Å². The van der Waals surface area contributed by atoms with E-state index in [4.69, 9.17) is 16.3 Å². The highest BCUT2D eigenvalue weighted by Crippen LogP contribution is 2.39. The fourth-order valence-electron chi connectivity index (χ4n) is 13.5. The Hall–Kier alpha value is -15.3. The summed E-state index contributed by atoms with van der Waals surface area (Å²) in [4.78, 5) is 148. The third kappa shape index (κ3) is 19.7. The summed E-state index contributed by atoms with van der Waals surface area (Å²) >= 11 is 18.3. The van der Waals surface area contributed by atoms with Crippen molar-refractivity contribution in [3.05, 3.63) is 381 Å². The van der Waals surface area contributed by atoms with Crippen molar-refractivity contribution in [1.82, 2.24) is 94.3 Å². The molecule has 0 aliphatic heterocycles. The summed E-state index contributed by atoms with van der Waals surface area (Å²) in [6.07, 6.45) is 11.9. The molecule has 6 N–H and O–H groups in total. The highest BCUT2D eigenvalue weighted by atomic mass is 79.9. The van der Waals surface area contributed by atoms with E-state index in [1.54, 1.807) is 44.3 Å². The lowest BCUT2D eigenvalue weighted by Crippen LogP contribution is -2.09. The molecule has 23 aromatic rings. The Kier molecular flexibility index (Phi) is 25.8. The van der Waals surface area contributed by atoms with Gasteiger partial charge in [-0.2, -0.15) is 0 Å². The van der Waals surface area contributed by atoms with Gasteiger partial charge in [0, 0.05) is 89.9 Å². The molecule has 18 aromatic heterocycles. The number of nitrogens with one attached hydrogen (secondary N) is 6. The molecule has 0 amide bonds. The number of thiophene rings is 6. The van der Waals surface area contributed by atoms with E-state index >= 15 is 0 Å². The molecular formula is C97H65BrClN19O7S6. The Morgan fingerprint density at radius 2 is 0.672 bits per heavy atom. The van der Waals surface area contributed by atoms with Crippen LogP contribution in [0.2, 0.25) is 5.02 Å². The summed E-state index contributed by atoms with van der Waals surface area (Å²) in [5, 5.41) is 2.51. The van der Waals surface area contributed by atoms with Gasteiger partial charge in [-0.05, 0) is 174 Å². The van der Waals surface area contributed by atoms with E-state index in [1.165, 1.54) is 73.6 Å². The molecule has 0 bridgehead atoms. The molecular weight excluding hydrogens is 1850 g/mol. The summed E-state index contributed by atoms with van der Waals surface area (Å²) < 4.78 is 11.7. The van der Waals surface area contributed by atoms with Gasteiger partial charge in [0.1, 0.15) is 62.4 Å². The van der Waals surface area contributed by atoms with Crippen molar-refractivity contribution in [3.63, 3.8) is 0 Å². The molecule has 0 saturated carbocycles. The van der Waals surface area contributed by atoms with E-state index < -0.39 is 0 Å². The highest BCUT2D eigenvalue weighted by Gasteiger charge is 2.20. The smallest absolute Gasteiger partial charge is 0.269 e. The van der Waals surface area contributed by atoms with E-state index in [-0.39, 0.29) is 33.4 Å². The summed E-state index contributed by atoms with van der Waals surface area (Å²) in [7, 11) is 3.50. The van der Waals surface area contributed by atoms with E-state index in [0.29, 0.717) is 136 Å². The topological polar surface area (TPSA) is 366 Å². The second-order valence-electron chi connectivity index (χ2n) is 28.6. The number of ether oxygens (including phenoxy) is 1. The van der Waals surface area contributed by atoms with Crippen LogP contribution in [0, 0.1) is 6.92 Å². The summed E-state index contributed by atoms with van der Waals surface area (Å²) in [5.41, 5.74) is 12.9. The zero-order chi connectivity index (χ0) is 90.0. The predicted octanol–water partition coefficient (Wildman–Crippen LogP) is 21.7. The monoisotopic (exact) mass is 1910 g/mol. The molecule has 0 atom stereocenters. The lowest BCUT2D eigenvalue weighted by molar-refractivity contribution is 0.415. The minimum atomic E-state index is -0.168. The average Bonchev–Trinajstić information content (AvgIpc) is 1.68. The first-order valence-electron chi connectivity index (χ1n) is 39.9. The minimum Gasteiger partial charge on any atom is -0.497 e. The molecule has 5 aromatic carbocycles. The standard InChI is InChI=1S/C18H13N3O2S.C18H13N3OS.C17H10BrN3OS.C17H10ClN3OS.C17H11N3OS.C10H8N4OS/c1-23-12-7-5-11(6-8-12)15-10-14-16(24-15)18(22)21-17(20-14)13-4-2-3-9-19-13;1-11-5-7-12(8-6-11)15-10-14-16(23-15)18(22)21-17(20-14)13-4-2-3-9-19-13;18-11-5-3-4-10(8-11)14-9-13-15(23-14)17(22)21-16(20-13)12-6-1-2-7-19-12;18-11-6-2-1-5-10(11)14-9-13-15(23-14)17(22)21-16(20-13)12-7-3-4-8-19-12;21-17-15-13(10-14(22-15)11-6-2-1-3-7-11)19-16(20-17)12-8-4-5-9-18-12;1-14-4-3-11-9(14)8-12-6-2-5-16-7(6)10(15)13-8/h2-10H,1H3,(H,20,21,22);2-10H,1H3,(H,20,21,22);2*1-9H,(H,20,21,22);1-10H,(H,19,20,21);2-5H,1H3,(H,12,13,15). The zero-order valence-electron chi connectivity index (χ0n) is 68.7. The molecule has 0 saturated heterocycles. The zero-order valence-corrected chi connectivity index (χ0v) is 76.0. The number of fused-ring (bicyclic) bond motifs is 6. The number of hydrogen-bond acceptors (Lipinski definition) is 25. The summed E-state index contributed by atoms with van der Waals surface area (Å²) in [5.74, 6) is 4.38. The van der Waals surface area contributed by atoms with Crippen molar-refractivity contribution < 1.29 is 4.74 Å². The van der Waals surface area contributed by atoms with Gasteiger partial charge in [0.15, 0.2) is 40.8 Å². The molecule has 18 heterocycles. The van der Waals surface area contributed by atoms with Crippen molar-refractivity contribution in [2.24, 2.45) is 7.05 Å². The number of benzene rings is 5. The molecule has 34 heteroatoms. The van der Waals surface area contributed by atoms with Crippen LogP contribution in [0.25, 0.3) is 183 Å². The largest absolute Gasteiger partial charge is 0.497 e. The molecule has 0 aliphatic carbocycles. The van der Waals surface area contributed by atoms with Crippen molar-refractivity contribution >= 4 is 157 Å². The minimum absolute atomic E-state index is 0.113. The number of aromatic amines is 6. The van der Waals surface area contributed by atoms with Gasteiger partial charge in [0.2, 0.25) is 0 Å². The second kappa shape index (κ2) is 39.1. The number of rotatable bonds is 12. The van der Waals surface area contributed by atoms with Crippen molar-refractivity contribution in [3.8, 4) is 127 Å². The Morgan fingerprint density at radius 3 is 1.05 bits per heavy atom. The number of H-pyrrole nitrogens is 6. The fourth-order valence-corrected chi connectivity index (χ4v) is 19.9. The van der Waals surface area contributed by atoms with E-state index in [1.807, 2.05) is 254 Å². The second-order valence-corrected chi connectivity index (χ2v) is 36.1. The van der Waals surface area contributed by atoms with Crippen LogP contribution in [0.5, 0.6) is 5.75 Å². The fraction of sp³-hybridized carbons (Fsp3) is 0.0309. The van der Waals surface area contributed by atoms with Gasteiger partial charge in [0.25, 0.3) is 33.4 Å². The summed E-state index contributed by atoms with van der Waals surface area (Å²) in [6, 6.07) is 80.7. The Balaban J connectivity index is 0.000000106. The SMILES string of the molecule is COc1ccc(-c2cc3nc(-c4ccccn4)[nH]c(=O)c3s2)cc1.Cc1ccc(-c2cc3nc(-c4ccccn4)[nH]c(=O)c3s2)cc1.Cn1ccnc1-c1nc2ccsc2c(=O)[nH]1.O=c1[nH]c(-c2ccccn2)nc2cc(-c3cccc(Br)c3)sc12.O=c1[nH]c(-c2ccccn2)nc2cc(-c3ccccc3)sc12.O=c1[nH]c(-c2ccccn2)nc2cc(-c3ccccc3Cl)sc12. The summed E-state index contributed by atoms with van der Waals surface area (Å²) in [6.45, 7) is 2.06. The van der Waals surface area contributed by atoms with Crippen molar-refractivity contribution in [2.75, 3.05) is 7.11 Å². The Bertz CT molecular complexity index is 8440. The number of aryl methyl sites for hydroxylation is 2. The quantitative estimate of drug-likeness (QED) is 0.0661. The third-order valence-corrected chi connectivity index (χ3v) is 27.4.